The molecule has 63 heavy (non-hydrogen) atoms. The SMILES string of the molecule is CCN(C)S(=O)(=O)Nc1ccc(F)c(Oc2ccc3ncn(C4CC5(CCN([C@@H]6CC[C@H](c7cc8c(cc7F)c(N7CCC(=O)NC7=O)nn8C)CC6F)CC5)C4)c(=O)c3c2)c1F. The van der Waals surface area contributed by atoms with Crippen molar-refractivity contribution in [1.29, 1.82) is 0 Å². The Labute approximate surface area is 360 Å². The highest BCUT2D eigenvalue weighted by Gasteiger charge is 2.48. The van der Waals surface area contributed by atoms with Gasteiger partial charge in [0.2, 0.25) is 11.7 Å². The van der Waals surface area contributed by atoms with E-state index in [-0.39, 0.29) is 77.8 Å². The Hall–Kier alpha value is -5.60. The Morgan fingerprint density at radius 2 is 1.75 bits per heavy atom. The lowest BCUT2D eigenvalue weighted by molar-refractivity contribution is -0.120. The first-order chi connectivity index (χ1) is 30.0. The van der Waals surface area contributed by atoms with Gasteiger partial charge in [0.15, 0.2) is 17.5 Å². The number of nitrogens with one attached hydrogen (secondary N) is 2. The number of nitrogens with zero attached hydrogens (tertiary/aromatic N) is 7. The molecule has 9 rings (SSSR count). The van der Waals surface area contributed by atoms with Crippen LogP contribution < -0.4 is 25.2 Å². The lowest BCUT2D eigenvalue weighted by atomic mass is 9.60. The number of rotatable bonds is 10. The normalized spacial score (nSPS) is 22.2. The molecule has 4 aliphatic rings. The van der Waals surface area contributed by atoms with Crippen LogP contribution in [0.4, 0.5) is 33.9 Å². The summed E-state index contributed by atoms with van der Waals surface area (Å²) in [7, 11) is -1.10. The van der Waals surface area contributed by atoms with Gasteiger partial charge in [0.05, 0.1) is 28.4 Å². The van der Waals surface area contributed by atoms with Gasteiger partial charge in [-0.25, -0.2) is 27.3 Å². The van der Waals surface area contributed by atoms with Crippen molar-refractivity contribution in [2.45, 2.75) is 82.5 Å². The first-order valence-corrected chi connectivity index (χ1v) is 22.5. The van der Waals surface area contributed by atoms with E-state index in [2.05, 4.69) is 25.0 Å². The average Bonchev–Trinajstić information content (AvgIpc) is 3.56. The molecule has 2 saturated carbocycles. The van der Waals surface area contributed by atoms with E-state index < -0.39 is 51.3 Å². The number of hydrogen-bond acceptors (Lipinski definition) is 9. The van der Waals surface area contributed by atoms with E-state index in [4.69, 9.17) is 4.74 Å². The summed E-state index contributed by atoms with van der Waals surface area (Å²) < 4.78 is 98.9. The van der Waals surface area contributed by atoms with Crippen molar-refractivity contribution in [3.8, 4) is 11.5 Å². The molecule has 5 aromatic rings. The molecule has 0 radical (unpaired) electrons. The molecule has 20 heteroatoms. The number of carbonyl (C=O) groups excluding carboxylic acids is 2. The Bertz CT molecular complexity index is 2820. The van der Waals surface area contributed by atoms with Crippen molar-refractivity contribution in [3.05, 3.63) is 82.2 Å². The number of halogens is 4. The van der Waals surface area contributed by atoms with Crippen molar-refractivity contribution in [1.82, 2.24) is 33.9 Å². The fourth-order valence-electron chi connectivity index (χ4n) is 9.87. The Morgan fingerprint density at radius 3 is 2.46 bits per heavy atom. The van der Waals surface area contributed by atoms with E-state index in [1.165, 1.54) is 42.5 Å². The van der Waals surface area contributed by atoms with Gasteiger partial charge in [-0.3, -0.25) is 38.7 Å². The van der Waals surface area contributed by atoms with E-state index >= 15 is 13.2 Å². The standard InChI is InChI=1S/C43H47F4N9O6S/c1-4-52(2)63(60,61)51-34-9-7-30(44)39(38(34)47)62-26-6-8-33-28(18-26)41(58)56(23-48-33)25-21-43(22-25)12-15-54(16-13-43)35-10-5-24(17-32(35)46)27-20-36-29(19-31(27)45)40(50-53(36)3)55-14-11-37(57)49-42(55)59/h6-9,18-20,23-25,32,35,51H,4-5,10-17,21-22H2,1-3H3,(H,49,57,59)/t24-,32?,35+/m0/s1. The maximum absolute atomic E-state index is 16.1. The van der Waals surface area contributed by atoms with E-state index in [0.717, 1.165) is 42.1 Å². The number of anilines is 2. The van der Waals surface area contributed by atoms with Crippen LogP contribution in [0.3, 0.4) is 0 Å². The number of carbonyl (C=O) groups is 2. The topological polar surface area (TPSA) is 164 Å². The van der Waals surface area contributed by atoms with E-state index in [9.17, 15) is 27.2 Å². The van der Waals surface area contributed by atoms with Crippen LogP contribution >= 0.6 is 0 Å². The van der Waals surface area contributed by atoms with E-state index in [1.807, 2.05) is 0 Å². The monoisotopic (exact) mass is 893 g/mol. The summed E-state index contributed by atoms with van der Waals surface area (Å²) in [5.41, 5.74) is 0.547. The maximum atomic E-state index is 16.1. The van der Waals surface area contributed by atoms with Gasteiger partial charge in [0, 0.05) is 51.1 Å². The molecule has 0 bridgehead atoms. The highest BCUT2D eigenvalue weighted by Crippen LogP contribution is 2.55. The van der Waals surface area contributed by atoms with Gasteiger partial charge in [0.1, 0.15) is 17.7 Å². The first-order valence-electron chi connectivity index (χ1n) is 21.1. The summed E-state index contributed by atoms with van der Waals surface area (Å²) in [6.45, 7) is 3.25. The van der Waals surface area contributed by atoms with Gasteiger partial charge in [-0.1, -0.05) is 6.92 Å². The van der Waals surface area contributed by atoms with E-state index in [0.29, 0.717) is 47.9 Å². The van der Waals surface area contributed by atoms with Crippen LogP contribution in [0.25, 0.3) is 21.8 Å². The third-order valence-electron chi connectivity index (χ3n) is 13.6. The van der Waals surface area contributed by atoms with Gasteiger partial charge in [-0.15, -0.1) is 0 Å². The molecule has 3 atom stereocenters. The lowest BCUT2D eigenvalue weighted by Gasteiger charge is -2.54. The smallest absolute Gasteiger partial charge is 0.329 e. The average molecular weight is 894 g/mol. The van der Waals surface area contributed by atoms with Gasteiger partial charge in [-0.2, -0.15) is 17.8 Å². The van der Waals surface area contributed by atoms with Crippen LogP contribution in [-0.2, 0) is 22.1 Å². The molecule has 4 fully saturated rings. The number of imide groups is 1. The molecule has 3 amide bonds. The number of urea groups is 1. The summed E-state index contributed by atoms with van der Waals surface area (Å²) in [4.78, 5) is 46.0. The molecule has 15 nitrogen and oxygen atoms in total. The van der Waals surface area contributed by atoms with Gasteiger partial charge < -0.3 is 4.74 Å². The number of aromatic nitrogens is 4. The van der Waals surface area contributed by atoms with Crippen molar-refractivity contribution in [3.63, 3.8) is 0 Å². The predicted molar refractivity (Wildman–Crippen MR) is 226 cm³/mol. The van der Waals surface area contributed by atoms with Crippen LogP contribution in [0, 0.1) is 22.9 Å². The van der Waals surface area contributed by atoms with Gasteiger partial charge in [-0.05, 0) is 117 Å². The number of ether oxygens (including phenoxy) is 1. The van der Waals surface area contributed by atoms with Crippen LogP contribution in [0.2, 0.25) is 0 Å². The molecule has 4 heterocycles. The predicted octanol–water partition coefficient (Wildman–Crippen LogP) is 6.64. The molecule has 2 N–H and O–H groups in total. The number of alkyl halides is 1. The molecular formula is C43H47F4N9O6S. The Morgan fingerprint density at radius 1 is 0.984 bits per heavy atom. The fourth-order valence-corrected chi connectivity index (χ4v) is 10.8. The molecule has 2 aliphatic carbocycles. The molecule has 2 saturated heterocycles. The molecule has 1 unspecified atom stereocenters. The second-order valence-electron chi connectivity index (χ2n) is 17.3. The third kappa shape index (κ3) is 7.79. The van der Waals surface area contributed by atoms with Crippen LogP contribution in [0.1, 0.15) is 75.8 Å². The second-order valence-corrected chi connectivity index (χ2v) is 19.1. The van der Waals surface area contributed by atoms with Crippen LogP contribution in [0.5, 0.6) is 11.5 Å². The minimum Gasteiger partial charge on any atom is -0.451 e. The van der Waals surface area contributed by atoms with Gasteiger partial charge in [0.25, 0.3) is 5.56 Å². The van der Waals surface area contributed by atoms with E-state index in [1.54, 1.807) is 29.3 Å². The summed E-state index contributed by atoms with van der Waals surface area (Å²) in [5.74, 6) is -4.13. The zero-order chi connectivity index (χ0) is 44.5. The number of hydrogen-bond donors (Lipinski definition) is 2. The zero-order valence-electron chi connectivity index (χ0n) is 34.9. The van der Waals surface area contributed by atoms with Crippen molar-refractivity contribution in [2.75, 3.05) is 42.8 Å². The van der Waals surface area contributed by atoms with Crippen LogP contribution in [0.15, 0.2) is 53.6 Å². The number of aryl methyl sites for hydroxylation is 1. The second kappa shape index (κ2) is 16.2. The molecule has 334 valence electrons. The lowest BCUT2D eigenvalue weighted by Crippen LogP contribution is -2.54. The molecule has 1 spiro atoms. The zero-order valence-corrected chi connectivity index (χ0v) is 35.7. The van der Waals surface area contributed by atoms with Crippen molar-refractivity contribution in [2.24, 2.45) is 12.5 Å². The highest BCUT2D eigenvalue weighted by atomic mass is 32.2. The molecular weight excluding hydrogens is 847 g/mol. The van der Waals surface area contributed by atoms with Crippen LogP contribution in [-0.4, -0.2) is 94.3 Å². The van der Waals surface area contributed by atoms with Crippen molar-refractivity contribution < 1.29 is 40.3 Å². The minimum atomic E-state index is -4.11. The number of fused-ring (bicyclic) bond motifs is 2. The maximum Gasteiger partial charge on any atom is 0.329 e. The first kappa shape index (κ1) is 42.7. The number of likely N-dealkylation sites (tertiary alicyclic amines) is 1. The molecule has 3 aromatic carbocycles. The number of benzene rings is 3. The summed E-state index contributed by atoms with van der Waals surface area (Å²) in [6.07, 6.45) is 4.96. The molecule has 2 aromatic heterocycles. The summed E-state index contributed by atoms with van der Waals surface area (Å²) in [5, 5.41) is 7.36. The highest BCUT2D eigenvalue weighted by molar-refractivity contribution is 7.90. The largest absolute Gasteiger partial charge is 0.451 e. The van der Waals surface area contributed by atoms with Crippen molar-refractivity contribution >= 4 is 55.5 Å². The Balaban J connectivity index is 0.825. The Kier molecular flexibility index (Phi) is 11.0. The van der Waals surface area contributed by atoms with Gasteiger partial charge >= 0.3 is 16.2 Å². The fraction of sp³-hybridized carbons (Fsp3) is 0.465. The molecule has 2 aliphatic heterocycles. The third-order valence-corrected chi connectivity index (χ3v) is 15.2. The minimum absolute atomic E-state index is 0.0119. The summed E-state index contributed by atoms with van der Waals surface area (Å²) >= 11 is 0. The number of piperidine rings is 1. The quantitative estimate of drug-likeness (QED) is 0.146. The summed E-state index contributed by atoms with van der Waals surface area (Å²) in [6, 6.07) is 8.17. The number of amides is 3.